The molecule has 63 valence electrons. The van der Waals surface area contributed by atoms with E-state index >= 15 is 0 Å². The molecule has 0 aliphatic heterocycles. The van der Waals surface area contributed by atoms with Gasteiger partial charge in [-0.25, -0.2) is 0 Å². The summed E-state index contributed by atoms with van der Waals surface area (Å²) in [6.45, 7) is 5.37. The molecule has 3 nitrogen and oxygen atoms in total. The standard InChI is InChI=1S/C9H10NO2/c1-6-4-7(2)8(3)9(5-6)10(11)12/h5H,1-3H3. The van der Waals surface area contributed by atoms with E-state index in [9.17, 15) is 10.1 Å². The molecule has 0 saturated heterocycles. The van der Waals surface area contributed by atoms with Crippen molar-refractivity contribution in [1.82, 2.24) is 0 Å². The molecule has 0 bridgehead atoms. The zero-order chi connectivity index (χ0) is 9.30. The van der Waals surface area contributed by atoms with Crippen LogP contribution < -0.4 is 0 Å². The third kappa shape index (κ3) is 1.44. The Morgan fingerprint density at radius 3 is 2.50 bits per heavy atom. The average Bonchev–Trinajstić information content (AvgIpc) is 1.96. The normalized spacial score (nSPS) is 9.92. The van der Waals surface area contributed by atoms with Crippen LogP contribution in [0.1, 0.15) is 16.7 Å². The van der Waals surface area contributed by atoms with Crippen molar-refractivity contribution in [2.45, 2.75) is 20.8 Å². The number of rotatable bonds is 1. The predicted molar refractivity (Wildman–Crippen MR) is 46.1 cm³/mol. The van der Waals surface area contributed by atoms with Gasteiger partial charge in [0.15, 0.2) is 0 Å². The molecule has 0 fully saturated rings. The summed E-state index contributed by atoms with van der Waals surface area (Å²) in [4.78, 5) is 10.2. The Morgan fingerprint density at radius 1 is 1.42 bits per heavy atom. The highest BCUT2D eigenvalue weighted by molar-refractivity contribution is 5.46. The predicted octanol–water partition coefficient (Wildman–Crippen LogP) is 2.32. The summed E-state index contributed by atoms with van der Waals surface area (Å²) in [5.41, 5.74) is 2.54. The van der Waals surface area contributed by atoms with Crippen molar-refractivity contribution in [3.05, 3.63) is 38.9 Å². The molecule has 1 radical (unpaired) electrons. The maximum atomic E-state index is 10.5. The molecule has 0 aliphatic carbocycles. The second-order valence-electron chi connectivity index (χ2n) is 2.84. The van der Waals surface area contributed by atoms with Gasteiger partial charge < -0.3 is 0 Å². The van der Waals surface area contributed by atoms with Crippen LogP contribution in [0.3, 0.4) is 0 Å². The Morgan fingerprint density at radius 2 is 2.00 bits per heavy atom. The molecule has 3 heteroatoms. The van der Waals surface area contributed by atoms with Gasteiger partial charge in [0.05, 0.1) is 4.92 Å². The van der Waals surface area contributed by atoms with Crippen LogP contribution >= 0.6 is 0 Å². The lowest BCUT2D eigenvalue weighted by molar-refractivity contribution is -0.385. The van der Waals surface area contributed by atoms with Gasteiger partial charge in [0.25, 0.3) is 5.69 Å². The monoisotopic (exact) mass is 164 g/mol. The maximum Gasteiger partial charge on any atom is 0.272 e. The number of aryl methyl sites for hydroxylation is 2. The first kappa shape index (κ1) is 8.71. The fourth-order valence-corrected chi connectivity index (χ4v) is 1.12. The number of hydrogen-bond donors (Lipinski definition) is 0. The summed E-state index contributed by atoms with van der Waals surface area (Å²) in [7, 11) is 0. The summed E-state index contributed by atoms with van der Waals surface area (Å²) >= 11 is 0. The van der Waals surface area contributed by atoms with Gasteiger partial charge in [0.2, 0.25) is 0 Å². The van der Waals surface area contributed by atoms with Crippen molar-refractivity contribution in [2.24, 2.45) is 0 Å². The highest BCUT2D eigenvalue weighted by atomic mass is 16.6. The van der Waals surface area contributed by atoms with Gasteiger partial charge in [0.1, 0.15) is 0 Å². The Bertz CT molecular complexity index is 332. The molecular formula is C9H10NO2. The van der Waals surface area contributed by atoms with Crippen LogP contribution in [0.2, 0.25) is 0 Å². The van der Waals surface area contributed by atoms with E-state index in [4.69, 9.17) is 0 Å². The summed E-state index contributed by atoms with van der Waals surface area (Å²) < 4.78 is 0. The van der Waals surface area contributed by atoms with E-state index in [0.29, 0.717) is 5.56 Å². The first-order valence-corrected chi connectivity index (χ1v) is 3.67. The van der Waals surface area contributed by atoms with Gasteiger partial charge >= 0.3 is 0 Å². The number of nitrogens with zero attached hydrogens (tertiary/aromatic N) is 1. The third-order valence-electron chi connectivity index (χ3n) is 1.88. The molecule has 1 aromatic carbocycles. The lowest BCUT2D eigenvalue weighted by Crippen LogP contribution is -1.94. The molecule has 0 amide bonds. The zero-order valence-electron chi connectivity index (χ0n) is 7.34. The van der Waals surface area contributed by atoms with Crippen molar-refractivity contribution >= 4 is 5.69 Å². The zero-order valence-corrected chi connectivity index (χ0v) is 7.34. The van der Waals surface area contributed by atoms with Gasteiger partial charge in [-0.2, -0.15) is 0 Å². The molecule has 0 N–H and O–H groups in total. The number of nitro benzene ring substituents is 1. The first-order valence-electron chi connectivity index (χ1n) is 3.67. The van der Waals surface area contributed by atoms with E-state index in [1.807, 2.05) is 6.92 Å². The molecule has 12 heavy (non-hydrogen) atoms. The van der Waals surface area contributed by atoms with E-state index in [0.717, 1.165) is 11.1 Å². The second kappa shape index (κ2) is 2.93. The van der Waals surface area contributed by atoms with Crippen molar-refractivity contribution in [2.75, 3.05) is 0 Å². The molecule has 0 aliphatic rings. The van der Waals surface area contributed by atoms with Crippen molar-refractivity contribution in [3.8, 4) is 0 Å². The third-order valence-corrected chi connectivity index (χ3v) is 1.88. The smallest absolute Gasteiger partial charge is 0.258 e. The Balaban J connectivity index is 3.37. The fourth-order valence-electron chi connectivity index (χ4n) is 1.12. The van der Waals surface area contributed by atoms with E-state index in [-0.39, 0.29) is 10.6 Å². The van der Waals surface area contributed by atoms with Crippen LogP contribution in [0, 0.1) is 37.0 Å². The van der Waals surface area contributed by atoms with Gasteiger partial charge in [-0.3, -0.25) is 10.1 Å². The summed E-state index contributed by atoms with van der Waals surface area (Å²) in [5, 5.41) is 10.5. The molecule has 0 atom stereocenters. The van der Waals surface area contributed by atoms with Gasteiger partial charge in [0, 0.05) is 11.6 Å². The van der Waals surface area contributed by atoms with Gasteiger partial charge in [-0.15, -0.1) is 0 Å². The summed E-state index contributed by atoms with van der Waals surface area (Å²) in [6, 6.07) is 4.57. The minimum Gasteiger partial charge on any atom is -0.258 e. The molecular weight excluding hydrogens is 154 g/mol. The topological polar surface area (TPSA) is 43.1 Å². The Kier molecular flexibility index (Phi) is 2.13. The van der Waals surface area contributed by atoms with Crippen molar-refractivity contribution < 1.29 is 4.92 Å². The summed E-state index contributed by atoms with van der Waals surface area (Å²) in [6.07, 6.45) is 0. The minimum absolute atomic E-state index is 0.184. The quantitative estimate of drug-likeness (QED) is 0.472. The van der Waals surface area contributed by atoms with E-state index in [1.165, 1.54) is 0 Å². The molecule has 1 aromatic rings. The lowest BCUT2D eigenvalue weighted by Gasteiger charge is -2.01. The van der Waals surface area contributed by atoms with Crippen molar-refractivity contribution in [1.29, 1.82) is 0 Å². The van der Waals surface area contributed by atoms with Crippen LogP contribution in [-0.2, 0) is 0 Å². The van der Waals surface area contributed by atoms with Gasteiger partial charge in [-0.1, -0.05) is 0 Å². The van der Waals surface area contributed by atoms with Gasteiger partial charge in [-0.05, 0) is 38.0 Å². The SMILES string of the molecule is Cc1[c]c(C)c(C)c([N+](=O)[O-])c1. The largest absolute Gasteiger partial charge is 0.272 e. The number of nitro groups is 1. The Labute approximate surface area is 71.2 Å². The molecule has 0 aromatic heterocycles. The van der Waals surface area contributed by atoms with E-state index in [2.05, 4.69) is 6.07 Å². The Hall–Kier alpha value is -1.38. The number of benzene rings is 1. The van der Waals surface area contributed by atoms with E-state index in [1.54, 1.807) is 19.9 Å². The minimum atomic E-state index is -0.358. The maximum absolute atomic E-state index is 10.5. The van der Waals surface area contributed by atoms with Crippen LogP contribution in [0.25, 0.3) is 0 Å². The molecule has 0 spiro atoms. The molecule has 0 saturated carbocycles. The highest BCUT2D eigenvalue weighted by Crippen LogP contribution is 2.21. The van der Waals surface area contributed by atoms with Crippen molar-refractivity contribution in [3.63, 3.8) is 0 Å². The second-order valence-corrected chi connectivity index (χ2v) is 2.84. The summed E-state index contributed by atoms with van der Waals surface area (Å²) in [5.74, 6) is 0. The fraction of sp³-hybridized carbons (Fsp3) is 0.333. The van der Waals surface area contributed by atoms with Crippen LogP contribution in [0.15, 0.2) is 6.07 Å². The van der Waals surface area contributed by atoms with E-state index < -0.39 is 0 Å². The first-order chi connectivity index (χ1) is 5.52. The lowest BCUT2D eigenvalue weighted by atomic mass is 10.1. The van der Waals surface area contributed by atoms with Crippen LogP contribution in [-0.4, -0.2) is 4.92 Å². The highest BCUT2D eigenvalue weighted by Gasteiger charge is 2.12. The van der Waals surface area contributed by atoms with Crippen LogP contribution in [0.5, 0.6) is 0 Å². The molecule has 0 heterocycles. The number of hydrogen-bond acceptors (Lipinski definition) is 2. The molecule has 1 rings (SSSR count). The molecule has 0 unspecified atom stereocenters. The van der Waals surface area contributed by atoms with Crippen LogP contribution in [0.4, 0.5) is 5.69 Å². The average molecular weight is 164 g/mol.